The molecule has 1 amide bonds. The van der Waals surface area contributed by atoms with Gasteiger partial charge < -0.3 is 10.4 Å². The lowest BCUT2D eigenvalue weighted by Gasteiger charge is -2.09. The Hall–Kier alpha value is -3.42. The molecule has 8 heteroatoms. The molecule has 0 fully saturated rings. The fourth-order valence-corrected chi connectivity index (χ4v) is 2.92. The largest absolute Gasteiger partial charge is 0.494 e. The lowest BCUT2D eigenvalue weighted by molar-refractivity contribution is -0.109. The number of carbonyl (C=O) groups excluding carboxylic acids is 1. The molecule has 2 N–H and O–H groups in total. The highest BCUT2D eigenvalue weighted by molar-refractivity contribution is 5.76. The highest BCUT2D eigenvalue weighted by atomic mass is 16.3. The maximum Gasteiger partial charge on any atom is 0.333 e. The van der Waals surface area contributed by atoms with Crippen molar-refractivity contribution in [1.82, 2.24) is 14.5 Å². The molecule has 8 nitrogen and oxygen atoms in total. The Labute approximate surface area is 148 Å². The van der Waals surface area contributed by atoms with Crippen LogP contribution in [0.15, 0.2) is 44.5 Å². The molecule has 134 valence electrons. The van der Waals surface area contributed by atoms with Gasteiger partial charge in [-0.1, -0.05) is 18.2 Å². The van der Waals surface area contributed by atoms with Gasteiger partial charge >= 0.3 is 5.69 Å². The second-order valence-electron chi connectivity index (χ2n) is 5.90. The average Bonchev–Trinajstić information content (AvgIpc) is 3.00. The van der Waals surface area contributed by atoms with Crippen LogP contribution in [0.4, 0.5) is 0 Å². The number of carbonyl (C=O) groups is 1. The first-order valence-electron chi connectivity index (χ1n) is 8.00. The van der Waals surface area contributed by atoms with E-state index < -0.39 is 17.1 Å². The van der Waals surface area contributed by atoms with Gasteiger partial charge in [0, 0.05) is 25.9 Å². The Kier molecular flexibility index (Phi) is 4.57. The van der Waals surface area contributed by atoms with Gasteiger partial charge in [-0.25, -0.2) is 9.79 Å². The molecule has 0 spiro atoms. The van der Waals surface area contributed by atoms with Gasteiger partial charge in [-0.2, -0.15) is 0 Å². The van der Waals surface area contributed by atoms with Gasteiger partial charge in [0.25, 0.3) is 5.56 Å². The zero-order valence-electron chi connectivity index (χ0n) is 14.4. The topological polar surface area (TPSA) is 106 Å². The smallest absolute Gasteiger partial charge is 0.333 e. The van der Waals surface area contributed by atoms with E-state index in [-0.39, 0.29) is 5.56 Å². The summed E-state index contributed by atoms with van der Waals surface area (Å²) < 4.78 is 1.94. The number of allylic oxidation sites excluding steroid dienone is 1. The molecule has 3 rings (SSSR count). The minimum Gasteiger partial charge on any atom is -0.494 e. The third-order valence-electron chi connectivity index (χ3n) is 4.33. The third-order valence-corrected chi connectivity index (χ3v) is 4.33. The number of fused-ring (bicyclic) bond motifs is 1. The van der Waals surface area contributed by atoms with Crippen LogP contribution in [0.25, 0.3) is 11.6 Å². The number of nitrogens with one attached hydrogen (secondary N) is 1. The molecular formula is C18H18N4O4. The molecule has 0 saturated carbocycles. The molecule has 0 unspecified atom stereocenters. The van der Waals surface area contributed by atoms with E-state index in [0.29, 0.717) is 25.1 Å². The fraction of sp³-hybridized carbons (Fsp3) is 0.222. The van der Waals surface area contributed by atoms with Crippen molar-refractivity contribution in [2.45, 2.75) is 6.42 Å². The van der Waals surface area contributed by atoms with E-state index in [1.807, 2.05) is 24.3 Å². The summed E-state index contributed by atoms with van der Waals surface area (Å²) in [4.78, 5) is 39.4. The van der Waals surface area contributed by atoms with E-state index in [4.69, 9.17) is 0 Å². The molecular weight excluding hydrogens is 336 g/mol. The second-order valence-corrected chi connectivity index (χ2v) is 5.90. The lowest BCUT2D eigenvalue weighted by Crippen LogP contribution is -2.38. The van der Waals surface area contributed by atoms with Crippen molar-refractivity contribution in [3.8, 4) is 5.88 Å². The molecule has 2 heterocycles. The molecule has 1 aliphatic rings. The molecule has 0 atom stereocenters. The summed E-state index contributed by atoms with van der Waals surface area (Å²) in [6, 6.07) is 7.50. The van der Waals surface area contributed by atoms with Crippen molar-refractivity contribution in [3.63, 3.8) is 0 Å². The van der Waals surface area contributed by atoms with Crippen molar-refractivity contribution < 1.29 is 9.90 Å². The van der Waals surface area contributed by atoms with E-state index in [9.17, 15) is 19.5 Å². The molecule has 1 aliphatic heterocycles. The van der Waals surface area contributed by atoms with E-state index >= 15 is 0 Å². The summed E-state index contributed by atoms with van der Waals surface area (Å²) >= 11 is 0. The van der Waals surface area contributed by atoms with Crippen LogP contribution in [-0.4, -0.2) is 27.2 Å². The SMILES string of the molecule is Cn1c(O)c(C=C2N=c3ccccc3=C2CCNC=O)c(=O)n(C)c1=O. The lowest BCUT2D eigenvalue weighted by atomic mass is 10.1. The summed E-state index contributed by atoms with van der Waals surface area (Å²) in [7, 11) is 2.74. The van der Waals surface area contributed by atoms with E-state index in [2.05, 4.69) is 10.3 Å². The van der Waals surface area contributed by atoms with Crippen LogP contribution in [-0.2, 0) is 18.9 Å². The van der Waals surface area contributed by atoms with Gasteiger partial charge in [0.1, 0.15) is 5.56 Å². The number of nitrogens with zero attached hydrogens (tertiary/aromatic N) is 3. The Bertz CT molecular complexity index is 1160. The van der Waals surface area contributed by atoms with Crippen LogP contribution < -0.4 is 27.1 Å². The van der Waals surface area contributed by atoms with Crippen molar-refractivity contribution in [3.05, 3.63) is 66.9 Å². The molecule has 0 bridgehead atoms. The molecule has 26 heavy (non-hydrogen) atoms. The number of aromatic nitrogens is 2. The maximum atomic E-state index is 12.4. The van der Waals surface area contributed by atoms with Crippen molar-refractivity contribution in [2.24, 2.45) is 19.1 Å². The zero-order chi connectivity index (χ0) is 18.8. The van der Waals surface area contributed by atoms with Crippen LogP contribution in [0.3, 0.4) is 0 Å². The Morgan fingerprint density at radius 2 is 1.92 bits per heavy atom. The molecule has 2 aromatic rings. The third kappa shape index (κ3) is 2.85. The van der Waals surface area contributed by atoms with E-state index in [1.165, 1.54) is 20.2 Å². The molecule has 1 aromatic heterocycles. The average molecular weight is 354 g/mol. The second kappa shape index (κ2) is 6.83. The van der Waals surface area contributed by atoms with E-state index in [1.54, 1.807) is 0 Å². The fourth-order valence-electron chi connectivity index (χ4n) is 2.92. The zero-order valence-corrected chi connectivity index (χ0v) is 14.4. The summed E-state index contributed by atoms with van der Waals surface area (Å²) in [6.07, 6.45) is 2.61. The minimum absolute atomic E-state index is 0.0120. The molecule has 1 aromatic carbocycles. The first-order chi connectivity index (χ1) is 12.5. The van der Waals surface area contributed by atoms with Crippen LogP contribution >= 0.6 is 0 Å². The normalized spacial score (nSPS) is 14.2. The highest BCUT2D eigenvalue weighted by Gasteiger charge is 2.17. The first kappa shape index (κ1) is 17.4. The van der Waals surface area contributed by atoms with Gasteiger partial charge in [0.05, 0.1) is 11.1 Å². The standard InChI is InChI=1S/C18H18N4O4/c1-21-16(24)13(17(25)22(2)18(21)26)9-15-12(7-8-19-10-23)11-5-3-4-6-14(11)20-15/h3-6,9-10,24H,7-8H2,1-2H3,(H,19,23). The van der Waals surface area contributed by atoms with Gasteiger partial charge in [0.15, 0.2) is 0 Å². The van der Waals surface area contributed by atoms with Crippen LogP contribution in [0.1, 0.15) is 12.0 Å². The summed E-state index contributed by atoms with van der Waals surface area (Å²) in [5.41, 5.74) is 0.146. The minimum atomic E-state index is -0.610. The molecule has 0 radical (unpaired) electrons. The van der Waals surface area contributed by atoms with Gasteiger partial charge in [-0.3, -0.25) is 18.7 Å². The van der Waals surface area contributed by atoms with Gasteiger partial charge in [0.2, 0.25) is 12.3 Å². The number of rotatable bonds is 5. The quantitative estimate of drug-likeness (QED) is 0.517. The monoisotopic (exact) mass is 354 g/mol. The van der Waals surface area contributed by atoms with Gasteiger partial charge in [-0.05, 0) is 24.1 Å². The number of hydrogen-bond donors (Lipinski definition) is 2. The number of benzene rings is 1. The van der Waals surface area contributed by atoms with Crippen molar-refractivity contribution >= 4 is 18.1 Å². The Balaban J connectivity index is 2.21. The Morgan fingerprint density at radius 3 is 2.65 bits per heavy atom. The summed E-state index contributed by atoms with van der Waals surface area (Å²) in [5, 5.41) is 14.5. The number of aromatic hydroxyl groups is 1. The predicted molar refractivity (Wildman–Crippen MR) is 95.9 cm³/mol. The predicted octanol–water partition coefficient (Wildman–Crippen LogP) is -1.25. The number of para-hydroxylation sites is 1. The Morgan fingerprint density at radius 1 is 1.19 bits per heavy atom. The number of amides is 1. The first-order valence-corrected chi connectivity index (χ1v) is 8.00. The summed E-state index contributed by atoms with van der Waals surface area (Å²) in [6.45, 7) is 0.414. The van der Waals surface area contributed by atoms with Crippen molar-refractivity contribution in [2.75, 3.05) is 6.54 Å². The van der Waals surface area contributed by atoms with Crippen LogP contribution in [0.2, 0.25) is 0 Å². The van der Waals surface area contributed by atoms with Crippen molar-refractivity contribution in [1.29, 1.82) is 0 Å². The molecule has 0 saturated heterocycles. The van der Waals surface area contributed by atoms with E-state index in [0.717, 1.165) is 25.3 Å². The van der Waals surface area contributed by atoms with Gasteiger partial charge in [-0.15, -0.1) is 0 Å². The maximum absolute atomic E-state index is 12.4. The van der Waals surface area contributed by atoms with Crippen LogP contribution in [0.5, 0.6) is 5.88 Å². The number of hydrogen-bond acceptors (Lipinski definition) is 5. The molecule has 0 aliphatic carbocycles. The summed E-state index contributed by atoms with van der Waals surface area (Å²) in [5.74, 6) is -0.415. The van der Waals surface area contributed by atoms with Crippen LogP contribution in [0, 0.1) is 0 Å². The highest BCUT2D eigenvalue weighted by Crippen LogP contribution is 2.22.